The normalized spacial score (nSPS) is 14.5. The van der Waals surface area contributed by atoms with Gasteiger partial charge in [0.2, 0.25) is 5.91 Å². The Balaban J connectivity index is 2.06. The molecule has 2 N–H and O–H groups in total. The van der Waals surface area contributed by atoms with Crippen molar-refractivity contribution in [2.75, 3.05) is 5.32 Å². The zero-order valence-electron chi connectivity index (χ0n) is 15.6. The van der Waals surface area contributed by atoms with Gasteiger partial charge in [0.15, 0.2) is 0 Å². The number of hydrogen-bond donors (Lipinski definition) is 2. The number of amides is 1. The number of nitrogens with one attached hydrogen (secondary N) is 2. The molecule has 140 valence electrons. The average Bonchev–Trinajstić information content (AvgIpc) is 2.61. The molecule has 3 unspecified atom stereocenters. The van der Waals surface area contributed by atoms with E-state index in [-0.39, 0.29) is 5.91 Å². The molecule has 0 aliphatic heterocycles. The van der Waals surface area contributed by atoms with Crippen LogP contribution in [-0.2, 0) is 4.79 Å². The Morgan fingerprint density at radius 3 is 2.38 bits per heavy atom. The van der Waals surface area contributed by atoms with Crippen LogP contribution in [0.5, 0.6) is 0 Å². The second-order valence-corrected chi connectivity index (χ2v) is 6.66. The molecule has 5 heteroatoms. The van der Waals surface area contributed by atoms with Crippen molar-refractivity contribution in [3.8, 4) is 0 Å². The molecule has 0 aliphatic rings. The third kappa shape index (κ3) is 4.88. The van der Waals surface area contributed by atoms with Crippen LogP contribution in [0.3, 0.4) is 0 Å². The lowest BCUT2D eigenvalue weighted by atomic mass is 9.97. The predicted octanol–water partition coefficient (Wildman–Crippen LogP) is 5.16. The summed E-state index contributed by atoms with van der Waals surface area (Å²) in [5.74, 6) is -1.11. The minimum atomic E-state index is -0.625. The SMILES string of the molecule is CCC(C)c1ccccc1NC(=O)C(C)NC(C)c1ccc(F)cc1F. The molecule has 3 atom stereocenters. The number of anilines is 1. The van der Waals surface area contributed by atoms with Crippen LogP contribution in [-0.4, -0.2) is 11.9 Å². The molecule has 0 fully saturated rings. The molecular weight excluding hydrogens is 334 g/mol. The molecule has 0 saturated heterocycles. The number of carbonyl (C=O) groups is 1. The molecule has 3 nitrogen and oxygen atoms in total. The Kier molecular flexibility index (Phi) is 6.86. The largest absolute Gasteiger partial charge is 0.324 e. The highest BCUT2D eigenvalue weighted by Crippen LogP contribution is 2.26. The van der Waals surface area contributed by atoms with Crippen molar-refractivity contribution in [2.45, 2.75) is 52.1 Å². The highest BCUT2D eigenvalue weighted by atomic mass is 19.1. The Labute approximate surface area is 153 Å². The van der Waals surface area contributed by atoms with Crippen LogP contribution in [0.4, 0.5) is 14.5 Å². The van der Waals surface area contributed by atoms with Gasteiger partial charge >= 0.3 is 0 Å². The van der Waals surface area contributed by atoms with Crippen molar-refractivity contribution in [1.82, 2.24) is 5.32 Å². The number of halogens is 2. The molecule has 2 aromatic carbocycles. The maximum atomic E-state index is 13.9. The van der Waals surface area contributed by atoms with E-state index in [9.17, 15) is 13.6 Å². The first-order chi connectivity index (χ1) is 12.3. The lowest BCUT2D eigenvalue weighted by Crippen LogP contribution is -2.39. The van der Waals surface area contributed by atoms with Gasteiger partial charge in [0.1, 0.15) is 11.6 Å². The van der Waals surface area contributed by atoms with E-state index in [0.717, 1.165) is 23.7 Å². The average molecular weight is 360 g/mol. The summed E-state index contributed by atoms with van der Waals surface area (Å²) in [6, 6.07) is 10.2. The Hall–Kier alpha value is -2.27. The van der Waals surface area contributed by atoms with Crippen molar-refractivity contribution >= 4 is 11.6 Å². The quantitative estimate of drug-likeness (QED) is 0.716. The van der Waals surface area contributed by atoms with Gasteiger partial charge in [-0.15, -0.1) is 0 Å². The first kappa shape index (κ1) is 20.0. The zero-order valence-corrected chi connectivity index (χ0v) is 15.6. The molecule has 0 aromatic heterocycles. The van der Waals surface area contributed by atoms with E-state index in [1.807, 2.05) is 24.3 Å². The standard InChI is InChI=1S/C21H26F2N2O/c1-5-13(2)17-8-6-7-9-20(17)25-21(26)15(4)24-14(3)18-11-10-16(22)12-19(18)23/h6-15,24H,5H2,1-4H3,(H,25,26). The molecular formula is C21H26F2N2O. The second kappa shape index (κ2) is 8.90. The fraction of sp³-hybridized carbons (Fsp3) is 0.381. The summed E-state index contributed by atoms with van der Waals surface area (Å²) in [5.41, 5.74) is 2.21. The van der Waals surface area contributed by atoms with Crippen LogP contribution >= 0.6 is 0 Å². The summed E-state index contributed by atoms with van der Waals surface area (Å²) in [6.07, 6.45) is 0.974. The Morgan fingerprint density at radius 1 is 1.04 bits per heavy atom. The van der Waals surface area contributed by atoms with Crippen LogP contribution in [0.2, 0.25) is 0 Å². The highest BCUT2D eigenvalue weighted by molar-refractivity contribution is 5.95. The molecule has 0 aliphatic carbocycles. The third-order valence-corrected chi connectivity index (χ3v) is 4.68. The van der Waals surface area contributed by atoms with E-state index < -0.39 is 23.7 Å². The summed E-state index contributed by atoms with van der Waals surface area (Å²) in [5, 5.41) is 6.02. The summed E-state index contributed by atoms with van der Waals surface area (Å²) in [4.78, 5) is 12.6. The lowest BCUT2D eigenvalue weighted by molar-refractivity contribution is -0.118. The van der Waals surface area contributed by atoms with Gasteiger partial charge < -0.3 is 5.32 Å². The third-order valence-electron chi connectivity index (χ3n) is 4.68. The smallest absolute Gasteiger partial charge is 0.241 e. The van der Waals surface area contributed by atoms with Crippen LogP contribution in [0.1, 0.15) is 57.2 Å². The summed E-state index contributed by atoms with van der Waals surface area (Å²) < 4.78 is 27.0. The van der Waals surface area contributed by atoms with E-state index in [1.165, 1.54) is 12.1 Å². The maximum absolute atomic E-state index is 13.9. The number of rotatable bonds is 7. The molecule has 1 amide bonds. The molecule has 2 rings (SSSR count). The minimum Gasteiger partial charge on any atom is -0.324 e. The highest BCUT2D eigenvalue weighted by Gasteiger charge is 2.20. The van der Waals surface area contributed by atoms with Gasteiger partial charge in [-0.1, -0.05) is 38.1 Å². The van der Waals surface area contributed by atoms with Gasteiger partial charge in [-0.25, -0.2) is 8.78 Å². The van der Waals surface area contributed by atoms with Crippen molar-refractivity contribution in [1.29, 1.82) is 0 Å². The van der Waals surface area contributed by atoms with Crippen molar-refractivity contribution in [3.05, 3.63) is 65.2 Å². The molecule has 26 heavy (non-hydrogen) atoms. The minimum absolute atomic E-state index is 0.199. The van der Waals surface area contributed by atoms with E-state index >= 15 is 0 Å². The molecule has 0 bridgehead atoms. The van der Waals surface area contributed by atoms with Gasteiger partial charge in [0.05, 0.1) is 6.04 Å². The molecule has 0 spiro atoms. The van der Waals surface area contributed by atoms with E-state index in [1.54, 1.807) is 13.8 Å². The van der Waals surface area contributed by atoms with Crippen LogP contribution in [0, 0.1) is 11.6 Å². The van der Waals surface area contributed by atoms with Crippen molar-refractivity contribution in [2.24, 2.45) is 0 Å². The summed E-state index contributed by atoms with van der Waals surface area (Å²) in [7, 11) is 0. The Bertz CT molecular complexity index is 763. The molecule has 0 heterocycles. The number of carbonyl (C=O) groups excluding carboxylic acids is 1. The fourth-order valence-electron chi connectivity index (χ4n) is 2.89. The second-order valence-electron chi connectivity index (χ2n) is 6.66. The zero-order chi connectivity index (χ0) is 19.3. The summed E-state index contributed by atoms with van der Waals surface area (Å²) >= 11 is 0. The van der Waals surface area contributed by atoms with Gasteiger partial charge in [-0.05, 0) is 43.9 Å². The van der Waals surface area contributed by atoms with E-state index in [0.29, 0.717) is 11.5 Å². The summed E-state index contributed by atoms with van der Waals surface area (Å²) in [6.45, 7) is 7.69. The van der Waals surface area contributed by atoms with Crippen LogP contribution < -0.4 is 10.6 Å². The first-order valence-electron chi connectivity index (χ1n) is 8.94. The molecule has 0 saturated carbocycles. The van der Waals surface area contributed by atoms with Crippen LogP contribution in [0.15, 0.2) is 42.5 Å². The lowest BCUT2D eigenvalue weighted by Gasteiger charge is -2.22. The van der Waals surface area contributed by atoms with Gasteiger partial charge in [-0.2, -0.15) is 0 Å². The fourth-order valence-corrected chi connectivity index (χ4v) is 2.89. The topological polar surface area (TPSA) is 41.1 Å². The maximum Gasteiger partial charge on any atom is 0.241 e. The number of para-hydroxylation sites is 1. The van der Waals surface area contributed by atoms with Crippen LogP contribution in [0.25, 0.3) is 0 Å². The van der Waals surface area contributed by atoms with Gasteiger partial charge in [-0.3, -0.25) is 10.1 Å². The Morgan fingerprint density at radius 2 is 1.73 bits per heavy atom. The van der Waals surface area contributed by atoms with E-state index in [4.69, 9.17) is 0 Å². The van der Waals surface area contributed by atoms with Gasteiger partial charge in [0.25, 0.3) is 0 Å². The number of benzene rings is 2. The first-order valence-corrected chi connectivity index (χ1v) is 8.94. The monoisotopic (exact) mass is 360 g/mol. The number of hydrogen-bond acceptors (Lipinski definition) is 2. The van der Waals surface area contributed by atoms with Gasteiger partial charge in [0, 0.05) is 23.4 Å². The van der Waals surface area contributed by atoms with Crippen molar-refractivity contribution < 1.29 is 13.6 Å². The molecule has 0 radical (unpaired) electrons. The molecule has 2 aromatic rings. The predicted molar refractivity (Wildman–Crippen MR) is 101 cm³/mol. The van der Waals surface area contributed by atoms with Crippen molar-refractivity contribution in [3.63, 3.8) is 0 Å². The van der Waals surface area contributed by atoms with E-state index in [2.05, 4.69) is 24.5 Å².